The minimum Gasteiger partial charge on any atom is -0.354 e. The monoisotopic (exact) mass is 500 g/mol. The molecule has 0 spiro atoms. The van der Waals surface area contributed by atoms with Crippen LogP contribution in [0.4, 0.5) is 10.1 Å². The number of hydrogen-bond acceptors (Lipinski definition) is 4. The van der Waals surface area contributed by atoms with Crippen molar-refractivity contribution >= 4 is 33.4 Å². The summed E-state index contributed by atoms with van der Waals surface area (Å²) < 4.78 is 41.0. The minimum absolute atomic E-state index is 0.144. The highest BCUT2D eigenvalue weighted by Gasteiger charge is 2.28. The molecule has 5 nitrogen and oxygen atoms in total. The van der Waals surface area contributed by atoms with Gasteiger partial charge in [0.1, 0.15) is 12.4 Å². The van der Waals surface area contributed by atoms with Crippen molar-refractivity contribution < 1.29 is 17.6 Å². The Bertz CT molecular complexity index is 1170. The van der Waals surface area contributed by atoms with Crippen molar-refractivity contribution in [3.8, 4) is 0 Å². The van der Waals surface area contributed by atoms with Crippen LogP contribution in [0, 0.1) is 5.82 Å². The summed E-state index contributed by atoms with van der Waals surface area (Å²) in [4.78, 5) is 12.9. The zero-order valence-electron chi connectivity index (χ0n) is 19.1. The third kappa shape index (κ3) is 7.08. The number of rotatable bonds is 12. The Labute approximate surface area is 205 Å². The number of benzene rings is 3. The predicted molar refractivity (Wildman–Crippen MR) is 137 cm³/mol. The first kappa shape index (κ1) is 25.8. The van der Waals surface area contributed by atoms with Gasteiger partial charge >= 0.3 is 0 Å². The van der Waals surface area contributed by atoms with Crippen LogP contribution in [0.1, 0.15) is 24.5 Å². The lowest BCUT2D eigenvalue weighted by Crippen LogP contribution is -2.41. The molecule has 0 saturated heterocycles. The summed E-state index contributed by atoms with van der Waals surface area (Å²) >= 11 is 1.70. The highest BCUT2D eigenvalue weighted by Crippen LogP contribution is 2.27. The Hall–Kier alpha value is -2.84. The lowest BCUT2D eigenvalue weighted by molar-refractivity contribution is -0.119. The molecule has 0 aliphatic carbocycles. The molecular weight excluding hydrogens is 471 g/mol. The number of aryl methyl sites for hydroxylation is 1. The Morgan fingerprint density at radius 1 is 0.971 bits per heavy atom. The molecule has 8 heteroatoms. The Morgan fingerprint density at radius 3 is 2.35 bits per heavy atom. The summed E-state index contributed by atoms with van der Waals surface area (Å²) in [5.41, 5.74) is 2.41. The fraction of sp³-hybridized carbons (Fsp3) is 0.269. The first-order chi connectivity index (χ1) is 16.4. The van der Waals surface area contributed by atoms with E-state index in [-0.39, 0.29) is 23.2 Å². The molecule has 0 bridgehead atoms. The van der Waals surface area contributed by atoms with Crippen molar-refractivity contribution in [2.75, 3.05) is 23.1 Å². The van der Waals surface area contributed by atoms with Crippen molar-refractivity contribution in [1.82, 2.24) is 5.32 Å². The fourth-order valence-corrected chi connectivity index (χ4v) is 5.83. The third-order valence-corrected chi connectivity index (χ3v) is 8.12. The van der Waals surface area contributed by atoms with Gasteiger partial charge in [0.05, 0.1) is 10.6 Å². The number of amides is 1. The summed E-state index contributed by atoms with van der Waals surface area (Å²) in [7, 11) is -3.91. The average molecular weight is 501 g/mol. The maximum absolute atomic E-state index is 13.4. The van der Waals surface area contributed by atoms with E-state index in [1.807, 2.05) is 19.1 Å². The summed E-state index contributed by atoms with van der Waals surface area (Å²) in [6, 6.07) is 21.8. The number of halogens is 1. The van der Waals surface area contributed by atoms with Gasteiger partial charge in [-0.2, -0.15) is 11.8 Å². The number of hydrogen-bond donors (Lipinski definition) is 1. The molecular formula is C26H29FN2O3S2. The molecule has 3 rings (SSSR count). The van der Waals surface area contributed by atoms with Crippen LogP contribution in [0.5, 0.6) is 0 Å². The minimum atomic E-state index is -3.91. The van der Waals surface area contributed by atoms with Crippen LogP contribution in [0.3, 0.4) is 0 Å². The molecule has 0 unspecified atom stereocenters. The van der Waals surface area contributed by atoms with E-state index in [0.717, 1.165) is 29.1 Å². The maximum Gasteiger partial charge on any atom is 0.264 e. The van der Waals surface area contributed by atoms with Gasteiger partial charge < -0.3 is 5.32 Å². The van der Waals surface area contributed by atoms with E-state index in [9.17, 15) is 17.6 Å². The molecule has 0 atom stereocenters. The number of para-hydroxylation sites is 1. The largest absolute Gasteiger partial charge is 0.354 e. The smallest absolute Gasteiger partial charge is 0.264 e. The van der Waals surface area contributed by atoms with Crippen LogP contribution < -0.4 is 9.62 Å². The van der Waals surface area contributed by atoms with Crippen molar-refractivity contribution in [2.24, 2.45) is 0 Å². The Kier molecular flexibility index (Phi) is 9.53. The molecule has 180 valence electrons. The van der Waals surface area contributed by atoms with E-state index in [1.54, 1.807) is 54.2 Å². The van der Waals surface area contributed by atoms with Crippen molar-refractivity contribution in [3.63, 3.8) is 0 Å². The first-order valence-electron chi connectivity index (χ1n) is 11.2. The number of thioether (sulfide) groups is 1. The Morgan fingerprint density at radius 2 is 1.65 bits per heavy atom. The van der Waals surface area contributed by atoms with E-state index in [1.165, 1.54) is 28.6 Å². The SMILES string of the molecule is CCc1ccccc1N(CC(=O)NCCCSCc1ccc(F)cc1)S(=O)(=O)c1ccccc1. The van der Waals surface area contributed by atoms with Crippen molar-refractivity contribution in [2.45, 2.75) is 30.4 Å². The maximum atomic E-state index is 13.4. The van der Waals surface area contributed by atoms with Gasteiger partial charge in [-0.25, -0.2) is 12.8 Å². The van der Waals surface area contributed by atoms with E-state index >= 15 is 0 Å². The molecule has 0 saturated carbocycles. The number of carbonyl (C=O) groups is 1. The van der Waals surface area contributed by atoms with E-state index in [0.29, 0.717) is 18.7 Å². The second-order valence-corrected chi connectivity index (χ2v) is 10.7. The van der Waals surface area contributed by atoms with Crippen LogP contribution in [0.25, 0.3) is 0 Å². The second-order valence-electron chi connectivity index (χ2n) is 7.69. The van der Waals surface area contributed by atoms with Crippen molar-refractivity contribution in [1.29, 1.82) is 0 Å². The lowest BCUT2D eigenvalue weighted by Gasteiger charge is -2.26. The molecule has 0 fully saturated rings. The predicted octanol–water partition coefficient (Wildman–Crippen LogP) is 5.02. The third-order valence-electron chi connectivity index (χ3n) is 5.23. The molecule has 0 radical (unpaired) electrons. The zero-order chi connectivity index (χ0) is 24.4. The number of carbonyl (C=O) groups excluding carboxylic acids is 1. The van der Waals surface area contributed by atoms with Gasteiger partial charge in [-0.05, 0) is 60.1 Å². The molecule has 0 aliphatic heterocycles. The molecule has 0 aliphatic rings. The van der Waals surface area contributed by atoms with Gasteiger partial charge in [0.15, 0.2) is 0 Å². The summed E-state index contributed by atoms with van der Waals surface area (Å²) in [6.45, 7) is 2.11. The highest BCUT2D eigenvalue weighted by molar-refractivity contribution is 7.98. The van der Waals surface area contributed by atoms with E-state index in [2.05, 4.69) is 5.32 Å². The standard InChI is InChI=1S/C26H29FN2O3S2/c1-2-22-9-6-7-12-25(22)29(34(31,32)24-10-4-3-5-11-24)19-26(30)28-17-8-18-33-20-21-13-15-23(27)16-14-21/h3-7,9-16H,2,8,17-20H2,1H3,(H,28,30). The quantitative estimate of drug-likeness (QED) is 0.355. The second kappa shape index (κ2) is 12.6. The summed E-state index contributed by atoms with van der Waals surface area (Å²) in [5.74, 6) is 0.989. The number of nitrogens with one attached hydrogen (secondary N) is 1. The molecule has 3 aromatic carbocycles. The van der Waals surface area contributed by atoms with E-state index in [4.69, 9.17) is 0 Å². The van der Waals surface area contributed by atoms with Crippen LogP contribution in [0.2, 0.25) is 0 Å². The summed E-state index contributed by atoms with van der Waals surface area (Å²) in [6.07, 6.45) is 1.39. The first-order valence-corrected chi connectivity index (χ1v) is 13.8. The lowest BCUT2D eigenvalue weighted by atomic mass is 10.1. The molecule has 0 heterocycles. The van der Waals surface area contributed by atoms with Crippen molar-refractivity contribution in [3.05, 3.63) is 95.8 Å². The Balaban J connectivity index is 1.60. The molecule has 34 heavy (non-hydrogen) atoms. The topological polar surface area (TPSA) is 66.5 Å². The van der Waals surface area contributed by atoms with Gasteiger partial charge in [0, 0.05) is 12.3 Å². The van der Waals surface area contributed by atoms with Crippen LogP contribution in [-0.4, -0.2) is 33.2 Å². The average Bonchev–Trinajstić information content (AvgIpc) is 2.86. The molecule has 0 aromatic heterocycles. The molecule has 1 N–H and O–H groups in total. The zero-order valence-corrected chi connectivity index (χ0v) is 20.7. The number of anilines is 1. The van der Waals surface area contributed by atoms with Gasteiger partial charge in [-0.15, -0.1) is 0 Å². The number of nitrogens with zero attached hydrogens (tertiary/aromatic N) is 1. The van der Waals surface area contributed by atoms with Gasteiger partial charge in [0.25, 0.3) is 10.0 Å². The molecule has 1 amide bonds. The highest BCUT2D eigenvalue weighted by atomic mass is 32.2. The van der Waals surface area contributed by atoms with Crippen LogP contribution in [-0.2, 0) is 27.0 Å². The van der Waals surface area contributed by atoms with Gasteiger partial charge in [0.2, 0.25) is 5.91 Å². The van der Waals surface area contributed by atoms with Gasteiger partial charge in [-0.1, -0.05) is 55.5 Å². The van der Waals surface area contributed by atoms with Gasteiger partial charge in [-0.3, -0.25) is 9.10 Å². The fourth-order valence-electron chi connectivity index (χ4n) is 3.43. The number of sulfonamides is 1. The van der Waals surface area contributed by atoms with Crippen LogP contribution >= 0.6 is 11.8 Å². The molecule has 3 aromatic rings. The normalized spacial score (nSPS) is 11.2. The van der Waals surface area contributed by atoms with E-state index < -0.39 is 10.0 Å². The van der Waals surface area contributed by atoms with Crippen LogP contribution in [0.15, 0.2) is 83.8 Å². The summed E-state index contributed by atoms with van der Waals surface area (Å²) in [5, 5.41) is 2.84.